The summed E-state index contributed by atoms with van der Waals surface area (Å²) in [5.74, 6) is 0. The fourth-order valence-electron chi connectivity index (χ4n) is 7.59. The summed E-state index contributed by atoms with van der Waals surface area (Å²) in [7, 11) is 0. The number of benzene rings is 9. The molecule has 0 saturated heterocycles. The maximum Gasteiger partial charge on any atom is 0.0540 e. The van der Waals surface area contributed by atoms with Crippen molar-refractivity contribution in [1.29, 1.82) is 0 Å². The average Bonchev–Trinajstić information content (AvgIpc) is 3.25. The lowest BCUT2D eigenvalue weighted by atomic mass is 9.86. The Morgan fingerprint density at radius 3 is 1.57 bits per heavy atom. The highest BCUT2D eigenvalue weighted by Crippen LogP contribution is 2.47. The van der Waals surface area contributed by atoms with Gasteiger partial charge in [0.25, 0.3) is 0 Å². The topological polar surface area (TPSA) is 3.24 Å². The summed E-state index contributed by atoms with van der Waals surface area (Å²) in [5, 5.41) is 2.49. The highest BCUT2D eigenvalue weighted by molar-refractivity contribution is 6.00. The quantitative estimate of drug-likeness (QED) is 0.155. The van der Waals surface area contributed by atoms with Crippen molar-refractivity contribution in [2.24, 2.45) is 0 Å². The number of fused-ring (bicyclic) bond motifs is 1. The van der Waals surface area contributed by atoms with E-state index in [1.165, 1.54) is 60.8 Å². The molecule has 9 aromatic rings. The van der Waals surface area contributed by atoms with Gasteiger partial charge in [0.2, 0.25) is 0 Å². The molecule has 0 fully saturated rings. The van der Waals surface area contributed by atoms with E-state index in [0.29, 0.717) is 0 Å². The van der Waals surface area contributed by atoms with Crippen molar-refractivity contribution >= 4 is 27.8 Å². The van der Waals surface area contributed by atoms with Gasteiger partial charge in [-0.2, -0.15) is 0 Å². The summed E-state index contributed by atoms with van der Waals surface area (Å²) in [6, 6.07) is 80.9. The molecule has 0 spiro atoms. The first kappa shape index (κ1) is 32.0. The van der Waals surface area contributed by atoms with E-state index in [0.717, 1.165) is 22.6 Å². The minimum atomic E-state index is 1.10. The summed E-state index contributed by atoms with van der Waals surface area (Å²) >= 11 is 0. The summed E-state index contributed by atoms with van der Waals surface area (Å²) in [6.07, 6.45) is 0. The van der Waals surface area contributed by atoms with E-state index in [4.69, 9.17) is 0 Å². The number of para-hydroxylation sites is 2. The van der Waals surface area contributed by atoms with Crippen molar-refractivity contribution in [2.75, 3.05) is 4.90 Å². The van der Waals surface area contributed by atoms with Crippen molar-refractivity contribution in [3.05, 3.63) is 224 Å². The van der Waals surface area contributed by atoms with E-state index < -0.39 is 0 Å². The molecule has 0 bridgehead atoms. The minimum absolute atomic E-state index is 1.10. The zero-order valence-corrected chi connectivity index (χ0v) is 29.3. The normalized spacial score (nSPS) is 11.0. The SMILES string of the molecule is c1ccc(-c2ccc(-c3ccccc3-c3ccccc3)c(-c3ccccc3N(c3ccccc3)c3cccc(-c4cccc5ccccc45)c3)c2)cc1. The molecule has 0 saturated carbocycles. The second-order valence-electron chi connectivity index (χ2n) is 13.3. The molecule has 0 aliphatic carbocycles. The summed E-state index contributed by atoms with van der Waals surface area (Å²) < 4.78 is 0. The molecule has 53 heavy (non-hydrogen) atoms. The molecule has 0 heterocycles. The molecule has 0 unspecified atom stereocenters. The molecule has 0 aliphatic rings. The zero-order chi connectivity index (χ0) is 35.4. The van der Waals surface area contributed by atoms with Gasteiger partial charge in [0.1, 0.15) is 0 Å². The number of rotatable bonds is 8. The lowest BCUT2D eigenvalue weighted by Crippen LogP contribution is -2.11. The molecule has 1 nitrogen and oxygen atoms in total. The first-order valence-corrected chi connectivity index (χ1v) is 18.2. The molecule has 0 radical (unpaired) electrons. The van der Waals surface area contributed by atoms with Gasteiger partial charge in [-0.25, -0.2) is 0 Å². The Morgan fingerprint density at radius 2 is 0.774 bits per heavy atom. The second kappa shape index (κ2) is 14.3. The van der Waals surface area contributed by atoms with E-state index in [1.807, 2.05) is 0 Å². The monoisotopic (exact) mass is 675 g/mol. The molecular weight excluding hydrogens is 639 g/mol. The number of nitrogens with zero attached hydrogens (tertiary/aromatic N) is 1. The standard InChI is InChI=1S/C52H37N/c1-4-18-38(19-5-1)41-34-35-49(48-30-13-12-29-46(48)39-20-6-2-7-21-39)51(37-41)50-31-14-15-33-52(50)53(43-25-8-3-9-26-43)44-27-16-24-42(36-44)47-32-17-23-40-22-10-11-28-45(40)47/h1-37H. The Balaban J connectivity index is 1.28. The van der Waals surface area contributed by atoms with Crippen molar-refractivity contribution in [2.45, 2.75) is 0 Å². The van der Waals surface area contributed by atoms with Crippen LogP contribution < -0.4 is 4.90 Å². The van der Waals surface area contributed by atoms with Crippen molar-refractivity contribution in [3.8, 4) is 55.6 Å². The van der Waals surface area contributed by atoms with Crippen LogP contribution in [0.1, 0.15) is 0 Å². The van der Waals surface area contributed by atoms with Crippen LogP contribution in [-0.4, -0.2) is 0 Å². The van der Waals surface area contributed by atoms with E-state index in [-0.39, 0.29) is 0 Å². The van der Waals surface area contributed by atoms with Crippen LogP contribution in [0.15, 0.2) is 224 Å². The van der Waals surface area contributed by atoms with Gasteiger partial charge in [0, 0.05) is 16.9 Å². The van der Waals surface area contributed by atoms with Gasteiger partial charge >= 0.3 is 0 Å². The van der Waals surface area contributed by atoms with Gasteiger partial charge in [-0.1, -0.05) is 188 Å². The van der Waals surface area contributed by atoms with E-state index >= 15 is 0 Å². The Kier molecular flexibility index (Phi) is 8.66. The molecule has 0 atom stereocenters. The van der Waals surface area contributed by atoms with Gasteiger partial charge in [0.05, 0.1) is 5.69 Å². The Labute approximate surface area is 311 Å². The highest BCUT2D eigenvalue weighted by Gasteiger charge is 2.21. The van der Waals surface area contributed by atoms with Crippen molar-refractivity contribution in [3.63, 3.8) is 0 Å². The lowest BCUT2D eigenvalue weighted by molar-refractivity contribution is 1.28. The van der Waals surface area contributed by atoms with Gasteiger partial charge < -0.3 is 4.90 Å². The minimum Gasteiger partial charge on any atom is -0.310 e. The predicted octanol–water partition coefficient (Wildman–Crippen LogP) is 14.6. The van der Waals surface area contributed by atoms with Crippen LogP contribution in [0.3, 0.4) is 0 Å². The van der Waals surface area contributed by atoms with Crippen LogP contribution in [-0.2, 0) is 0 Å². The average molecular weight is 676 g/mol. The van der Waals surface area contributed by atoms with Crippen molar-refractivity contribution in [1.82, 2.24) is 0 Å². The van der Waals surface area contributed by atoms with Gasteiger partial charge in [0.15, 0.2) is 0 Å². The Hall–Kier alpha value is -6.96. The Bertz CT molecular complexity index is 2660. The first-order valence-electron chi connectivity index (χ1n) is 18.2. The Morgan fingerprint density at radius 1 is 0.245 bits per heavy atom. The van der Waals surface area contributed by atoms with Gasteiger partial charge in [-0.15, -0.1) is 0 Å². The summed E-state index contributed by atoms with van der Waals surface area (Å²) in [5.41, 5.74) is 15.2. The molecular formula is C52H37N. The third kappa shape index (κ3) is 6.30. The smallest absolute Gasteiger partial charge is 0.0540 e. The van der Waals surface area contributed by atoms with E-state index in [2.05, 4.69) is 229 Å². The number of anilines is 3. The van der Waals surface area contributed by atoms with E-state index in [1.54, 1.807) is 0 Å². The zero-order valence-electron chi connectivity index (χ0n) is 29.3. The van der Waals surface area contributed by atoms with Crippen LogP contribution in [0.5, 0.6) is 0 Å². The van der Waals surface area contributed by atoms with Crippen LogP contribution in [0.25, 0.3) is 66.4 Å². The third-order valence-corrected chi connectivity index (χ3v) is 10.1. The second-order valence-corrected chi connectivity index (χ2v) is 13.3. The van der Waals surface area contributed by atoms with Crippen LogP contribution in [0, 0.1) is 0 Å². The summed E-state index contributed by atoms with van der Waals surface area (Å²) in [6.45, 7) is 0. The van der Waals surface area contributed by atoms with Gasteiger partial charge in [-0.3, -0.25) is 0 Å². The number of hydrogen-bond donors (Lipinski definition) is 0. The fourth-order valence-corrected chi connectivity index (χ4v) is 7.59. The predicted molar refractivity (Wildman–Crippen MR) is 226 cm³/mol. The van der Waals surface area contributed by atoms with Crippen molar-refractivity contribution < 1.29 is 0 Å². The number of hydrogen-bond acceptors (Lipinski definition) is 1. The first-order chi connectivity index (χ1) is 26.3. The fraction of sp³-hybridized carbons (Fsp3) is 0. The summed E-state index contributed by atoms with van der Waals surface area (Å²) in [4.78, 5) is 2.41. The third-order valence-electron chi connectivity index (χ3n) is 10.1. The van der Waals surface area contributed by atoms with Crippen LogP contribution in [0.4, 0.5) is 17.1 Å². The molecule has 9 aromatic carbocycles. The molecule has 1 heteroatoms. The van der Waals surface area contributed by atoms with Crippen LogP contribution >= 0.6 is 0 Å². The molecule has 250 valence electrons. The maximum absolute atomic E-state index is 2.41. The maximum atomic E-state index is 2.41. The lowest BCUT2D eigenvalue weighted by Gasteiger charge is -2.29. The molecule has 0 aromatic heterocycles. The highest BCUT2D eigenvalue weighted by atomic mass is 15.1. The molecule has 9 rings (SSSR count). The van der Waals surface area contributed by atoms with Crippen LogP contribution in [0.2, 0.25) is 0 Å². The molecule has 0 N–H and O–H groups in total. The van der Waals surface area contributed by atoms with Gasteiger partial charge in [-0.05, 0) is 97.2 Å². The molecule has 0 aliphatic heterocycles. The largest absolute Gasteiger partial charge is 0.310 e. The van der Waals surface area contributed by atoms with E-state index in [9.17, 15) is 0 Å². The molecule has 0 amide bonds.